The van der Waals surface area contributed by atoms with Gasteiger partial charge in [-0.15, -0.1) is 0 Å². The van der Waals surface area contributed by atoms with Crippen LogP contribution >= 0.6 is 0 Å². The van der Waals surface area contributed by atoms with E-state index in [0.717, 1.165) is 0 Å². The second-order valence-electron chi connectivity index (χ2n) is 5.80. The molecule has 3 aromatic rings. The molecular weight excluding hydrogens is 264 g/mol. The quantitative estimate of drug-likeness (QED) is 0.507. The van der Waals surface area contributed by atoms with E-state index in [0.29, 0.717) is 5.92 Å². The molecule has 0 saturated heterocycles. The maximum atomic E-state index is 2.21. The molecule has 0 spiro atoms. The predicted molar refractivity (Wildman–Crippen MR) is 97.1 cm³/mol. The standard InChI is InChI=1S/C12H10.C10H14/c1-3-7-11(8-4-1)12-9-5-2-6-10-12;1-8(2)10-6-4-9(3)5-7-10/h1-10H;4-8H,1-3H3. The van der Waals surface area contributed by atoms with Gasteiger partial charge in [0.05, 0.1) is 0 Å². The lowest BCUT2D eigenvalue weighted by Crippen LogP contribution is -1.85. The monoisotopic (exact) mass is 288 g/mol. The van der Waals surface area contributed by atoms with Crippen molar-refractivity contribution in [1.82, 2.24) is 0 Å². The van der Waals surface area contributed by atoms with Gasteiger partial charge in [0.2, 0.25) is 0 Å². The van der Waals surface area contributed by atoms with Crippen molar-refractivity contribution in [2.24, 2.45) is 0 Å². The van der Waals surface area contributed by atoms with Crippen molar-refractivity contribution in [3.05, 3.63) is 96.1 Å². The van der Waals surface area contributed by atoms with E-state index in [4.69, 9.17) is 0 Å². The molecule has 3 aromatic carbocycles. The van der Waals surface area contributed by atoms with Crippen LogP contribution in [0.3, 0.4) is 0 Å². The fourth-order valence-electron chi connectivity index (χ4n) is 2.21. The lowest BCUT2D eigenvalue weighted by Gasteiger charge is -2.03. The van der Waals surface area contributed by atoms with Gasteiger partial charge in [0.25, 0.3) is 0 Å². The molecule has 0 aliphatic carbocycles. The molecule has 0 N–H and O–H groups in total. The summed E-state index contributed by atoms with van der Waals surface area (Å²) in [5.41, 5.74) is 5.31. The highest BCUT2D eigenvalue weighted by Crippen LogP contribution is 2.17. The Morgan fingerprint density at radius 2 is 0.955 bits per heavy atom. The highest BCUT2D eigenvalue weighted by Gasteiger charge is 1.95. The van der Waals surface area contributed by atoms with E-state index in [1.807, 2.05) is 12.1 Å². The average Bonchev–Trinajstić information content (AvgIpc) is 2.57. The molecule has 0 unspecified atom stereocenters. The zero-order valence-corrected chi connectivity index (χ0v) is 13.7. The molecule has 0 bridgehead atoms. The first-order valence-electron chi connectivity index (χ1n) is 7.84. The largest absolute Gasteiger partial charge is 0.0622 e. The summed E-state index contributed by atoms with van der Waals surface area (Å²) < 4.78 is 0. The molecule has 0 saturated carbocycles. The minimum absolute atomic E-state index is 0.653. The molecule has 0 aliphatic rings. The molecular formula is C22H24. The third kappa shape index (κ3) is 4.89. The summed E-state index contributed by atoms with van der Waals surface area (Å²) in [6, 6.07) is 29.5. The Morgan fingerprint density at radius 1 is 0.545 bits per heavy atom. The Labute approximate surface area is 134 Å². The number of hydrogen-bond acceptors (Lipinski definition) is 0. The van der Waals surface area contributed by atoms with Gasteiger partial charge in [-0.25, -0.2) is 0 Å². The molecule has 0 aliphatic heterocycles. The third-order valence-corrected chi connectivity index (χ3v) is 3.62. The van der Waals surface area contributed by atoms with Gasteiger partial charge in [-0.3, -0.25) is 0 Å². The van der Waals surface area contributed by atoms with Crippen LogP contribution in [0, 0.1) is 6.92 Å². The van der Waals surface area contributed by atoms with Gasteiger partial charge in [0, 0.05) is 0 Å². The van der Waals surface area contributed by atoms with Gasteiger partial charge in [0.1, 0.15) is 0 Å². The number of aryl methyl sites for hydroxylation is 1. The molecule has 112 valence electrons. The summed E-state index contributed by atoms with van der Waals surface area (Å²) in [6.07, 6.45) is 0. The maximum absolute atomic E-state index is 2.21. The van der Waals surface area contributed by atoms with Crippen LogP contribution in [0.25, 0.3) is 11.1 Å². The van der Waals surface area contributed by atoms with Crippen LogP contribution in [-0.2, 0) is 0 Å². The molecule has 0 aromatic heterocycles. The molecule has 0 atom stereocenters. The average molecular weight is 288 g/mol. The van der Waals surface area contributed by atoms with Crippen LogP contribution in [0.4, 0.5) is 0 Å². The van der Waals surface area contributed by atoms with Crippen molar-refractivity contribution < 1.29 is 0 Å². The highest BCUT2D eigenvalue weighted by molar-refractivity contribution is 5.62. The zero-order valence-electron chi connectivity index (χ0n) is 13.7. The van der Waals surface area contributed by atoms with E-state index in [2.05, 4.69) is 93.6 Å². The zero-order chi connectivity index (χ0) is 15.8. The SMILES string of the molecule is Cc1ccc(C(C)C)cc1.c1ccc(-c2ccccc2)cc1. The number of rotatable bonds is 2. The molecule has 0 heterocycles. The predicted octanol–water partition coefficient (Wildman–Crippen LogP) is 6.47. The number of benzene rings is 3. The van der Waals surface area contributed by atoms with E-state index in [9.17, 15) is 0 Å². The van der Waals surface area contributed by atoms with Crippen LogP contribution in [0.15, 0.2) is 84.9 Å². The van der Waals surface area contributed by atoms with Gasteiger partial charge < -0.3 is 0 Å². The van der Waals surface area contributed by atoms with Crippen LogP contribution in [0.5, 0.6) is 0 Å². The maximum Gasteiger partial charge on any atom is -0.0184 e. The Kier molecular flexibility index (Phi) is 5.97. The molecule has 22 heavy (non-hydrogen) atoms. The Morgan fingerprint density at radius 3 is 1.32 bits per heavy atom. The Balaban J connectivity index is 0.000000164. The van der Waals surface area contributed by atoms with Crippen LogP contribution in [0.1, 0.15) is 30.9 Å². The van der Waals surface area contributed by atoms with E-state index >= 15 is 0 Å². The molecule has 0 heteroatoms. The topological polar surface area (TPSA) is 0 Å². The van der Waals surface area contributed by atoms with Gasteiger partial charge in [-0.2, -0.15) is 0 Å². The molecule has 0 fully saturated rings. The summed E-state index contributed by atoms with van der Waals surface area (Å²) in [7, 11) is 0. The summed E-state index contributed by atoms with van der Waals surface area (Å²) in [5.74, 6) is 0.653. The summed E-state index contributed by atoms with van der Waals surface area (Å²) in [5, 5.41) is 0. The van der Waals surface area contributed by atoms with Crippen molar-refractivity contribution in [3.63, 3.8) is 0 Å². The van der Waals surface area contributed by atoms with Crippen LogP contribution in [-0.4, -0.2) is 0 Å². The fourth-order valence-corrected chi connectivity index (χ4v) is 2.21. The smallest absolute Gasteiger partial charge is 0.0184 e. The summed E-state index contributed by atoms with van der Waals surface area (Å²) >= 11 is 0. The second kappa shape index (κ2) is 8.19. The number of hydrogen-bond donors (Lipinski definition) is 0. The van der Waals surface area contributed by atoms with E-state index < -0.39 is 0 Å². The van der Waals surface area contributed by atoms with E-state index in [1.165, 1.54) is 22.3 Å². The van der Waals surface area contributed by atoms with Gasteiger partial charge in [0.15, 0.2) is 0 Å². The Hall–Kier alpha value is -2.34. The lowest BCUT2D eigenvalue weighted by molar-refractivity contribution is 0.866. The van der Waals surface area contributed by atoms with Crippen molar-refractivity contribution in [2.75, 3.05) is 0 Å². The first-order valence-corrected chi connectivity index (χ1v) is 7.84. The van der Waals surface area contributed by atoms with Crippen LogP contribution < -0.4 is 0 Å². The van der Waals surface area contributed by atoms with Crippen molar-refractivity contribution >= 4 is 0 Å². The second-order valence-corrected chi connectivity index (χ2v) is 5.80. The Bertz CT molecular complexity index is 612. The lowest BCUT2D eigenvalue weighted by atomic mass is 10.0. The fraction of sp³-hybridized carbons (Fsp3) is 0.182. The van der Waals surface area contributed by atoms with Gasteiger partial charge >= 0.3 is 0 Å². The first kappa shape index (κ1) is 16.0. The molecule has 0 amide bonds. The van der Waals surface area contributed by atoms with Crippen molar-refractivity contribution in [1.29, 1.82) is 0 Å². The minimum Gasteiger partial charge on any atom is -0.0622 e. The van der Waals surface area contributed by atoms with Crippen LogP contribution in [0.2, 0.25) is 0 Å². The first-order chi connectivity index (χ1) is 10.7. The van der Waals surface area contributed by atoms with Crippen molar-refractivity contribution in [2.45, 2.75) is 26.7 Å². The summed E-state index contributed by atoms with van der Waals surface area (Å²) in [6.45, 7) is 6.54. The highest BCUT2D eigenvalue weighted by atomic mass is 14.0. The van der Waals surface area contributed by atoms with Gasteiger partial charge in [-0.1, -0.05) is 104 Å². The van der Waals surface area contributed by atoms with E-state index in [1.54, 1.807) is 0 Å². The molecule has 0 nitrogen and oxygen atoms in total. The van der Waals surface area contributed by atoms with Crippen molar-refractivity contribution in [3.8, 4) is 11.1 Å². The molecule has 3 rings (SSSR count). The van der Waals surface area contributed by atoms with Gasteiger partial charge in [-0.05, 0) is 29.5 Å². The minimum atomic E-state index is 0.653. The summed E-state index contributed by atoms with van der Waals surface area (Å²) in [4.78, 5) is 0. The third-order valence-electron chi connectivity index (χ3n) is 3.62. The molecule has 0 radical (unpaired) electrons. The normalized spacial score (nSPS) is 10.0. The van der Waals surface area contributed by atoms with E-state index in [-0.39, 0.29) is 0 Å².